The van der Waals surface area contributed by atoms with Crippen molar-refractivity contribution in [3.05, 3.63) is 11.9 Å². The van der Waals surface area contributed by atoms with E-state index >= 15 is 0 Å². The molecule has 3 aliphatic rings. The van der Waals surface area contributed by atoms with Gasteiger partial charge < -0.3 is 4.90 Å². The Labute approximate surface area is 144 Å². The Balaban J connectivity index is 1.33. The van der Waals surface area contributed by atoms with E-state index in [0.29, 0.717) is 18.5 Å². The van der Waals surface area contributed by atoms with Gasteiger partial charge in [-0.05, 0) is 51.6 Å². The molecule has 4 rings (SSSR count). The molecule has 1 amide bonds. The van der Waals surface area contributed by atoms with Crippen LogP contribution in [0.2, 0.25) is 0 Å². The lowest BCUT2D eigenvalue weighted by atomic mass is 10.0. The molecule has 1 aromatic rings. The number of carbonyl (C=O) groups excluding carboxylic acids is 1. The van der Waals surface area contributed by atoms with Gasteiger partial charge in [-0.15, -0.1) is 5.10 Å². The molecule has 0 bridgehead atoms. The number of amides is 1. The molecule has 1 atom stereocenters. The van der Waals surface area contributed by atoms with Gasteiger partial charge in [-0.2, -0.15) is 0 Å². The molecule has 2 aliphatic heterocycles. The zero-order valence-electron chi connectivity index (χ0n) is 14.6. The molecule has 3 heterocycles. The van der Waals surface area contributed by atoms with E-state index in [1.165, 1.54) is 58.0 Å². The molecule has 0 N–H and O–H groups in total. The first-order chi connectivity index (χ1) is 11.8. The Bertz CT molecular complexity index is 560. The maximum atomic E-state index is 12.7. The molecule has 24 heavy (non-hydrogen) atoms. The van der Waals surface area contributed by atoms with Crippen molar-refractivity contribution in [3.8, 4) is 0 Å². The zero-order valence-corrected chi connectivity index (χ0v) is 14.6. The molecule has 132 valence electrons. The molecule has 2 saturated heterocycles. The molecular formula is C18H29N5O. The van der Waals surface area contributed by atoms with Crippen molar-refractivity contribution >= 4 is 5.91 Å². The highest BCUT2D eigenvalue weighted by atomic mass is 16.2. The van der Waals surface area contributed by atoms with Gasteiger partial charge in [-0.25, -0.2) is 4.68 Å². The van der Waals surface area contributed by atoms with E-state index < -0.39 is 0 Å². The molecule has 0 aromatic carbocycles. The van der Waals surface area contributed by atoms with Crippen LogP contribution in [0.25, 0.3) is 0 Å². The van der Waals surface area contributed by atoms with Crippen molar-refractivity contribution in [1.82, 2.24) is 24.8 Å². The van der Waals surface area contributed by atoms with E-state index in [2.05, 4.69) is 20.1 Å². The topological polar surface area (TPSA) is 54.3 Å². The van der Waals surface area contributed by atoms with Crippen LogP contribution in [-0.4, -0.2) is 62.9 Å². The molecule has 1 aliphatic carbocycles. The molecule has 3 fully saturated rings. The third kappa shape index (κ3) is 3.79. The molecule has 6 nitrogen and oxygen atoms in total. The van der Waals surface area contributed by atoms with E-state index in [9.17, 15) is 4.79 Å². The van der Waals surface area contributed by atoms with Crippen molar-refractivity contribution in [2.45, 2.75) is 69.9 Å². The molecule has 1 saturated carbocycles. The first kappa shape index (κ1) is 16.1. The predicted octanol–water partition coefficient (Wildman–Crippen LogP) is 2.02. The number of likely N-dealkylation sites (tertiary alicyclic amines) is 2. The smallest absolute Gasteiger partial charge is 0.244 e. The van der Waals surface area contributed by atoms with Crippen LogP contribution in [-0.2, 0) is 11.3 Å². The Kier molecular flexibility index (Phi) is 4.83. The lowest BCUT2D eigenvalue weighted by Crippen LogP contribution is -2.50. The van der Waals surface area contributed by atoms with Crippen molar-refractivity contribution in [2.24, 2.45) is 0 Å². The number of carbonyl (C=O) groups is 1. The van der Waals surface area contributed by atoms with Crippen LogP contribution in [0.5, 0.6) is 0 Å². The molecule has 0 radical (unpaired) electrons. The summed E-state index contributed by atoms with van der Waals surface area (Å²) in [5.74, 6) is 0.790. The summed E-state index contributed by atoms with van der Waals surface area (Å²) in [6.07, 6.45) is 12.1. The van der Waals surface area contributed by atoms with Gasteiger partial charge in [0.05, 0.1) is 5.69 Å². The molecule has 1 aromatic heterocycles. The van der Waals surface area contributed by atoms with Gasteiger partial charge in [-0.3, -0.25) is 9.69 Å². The Hall–Kier alpha value is -1.43. The molecule has 0 unspecified atom stereocenters. The number of piperidine rings is 1. The second-order valence-corrected chi connectivity index (χ2v) is 7.70. The second-order valence-electron chi connectivity index (χ2n) is 7.70. The quantitative estimate of drug-likeness (QED) is 0.847. The molecular weight excluding hydrogens is 302 g/mol. The highest BCUT2D eigenvalue weighted by Gasteiger charge is 2.29. The SMILES string of the molecule is O=C(Cn1cc(C2CC2)nn1)N1CCC[C@@H](N2CCCCCC2)C1. The minimum absolute atomic E-state index is 0.196. The summed E-state index contributed by atoms with van der Waals surface area (Å²) in [6, 6.07) is 0.554. The first-order valence-corrected chi connectivity index (χ1v) is 9.71. The largest absolute Gasteiger partial charge is 0.340 e. The summed E-state index contributed by atoms with van der Waals surface area (Å²) in [4.78, 5) is 17.4. The van der Waals surface area contributed by atoms with E-state index in [0.717, 1.165) is 25.2 Å². The molecule has 6 heteroatoms. The average molecular weight is 331 g/mol. The monoisotopic (exact) mass is 331 g/mol. The van der Waals surface area contributed by atoms with Gasteiger partial charge >= 0.3 is 0 Å². The summed E-state index contributed by atoms with van der Waals surface area (Å²) >= 11 is 0. The number of hydrogen-bond donors (Lipinski definition) is 0. The predicted molar refractivity (Wildman–Crippen MR) is 91.6 cm³/mol. The fraction of sp³-hybridized carbons (Fsp3) is 0.833. The van der Waals surface area contributed by atoms with Gasteiger partial charge in [-0.1, -0.05) is 18.1 Å². The Morgan fingerprint density at radius 3 is 2.58 bits per heavy atom. The summed E-state index contributed by atoms with van der Waals surface area (Å²) < 4.78 is 1.73. The highest BCUT2D eigenvalue weighted by molar-refractivity contribution is 5.76. The summed E-state index contributed by atoms with van der Waals surface area (Å²) in [5, 5.41) is 8.35. The van der Waals surface area contributed by atoms with Crippen LogP contribution in [0.15, 0.2) is 6.20 Å². The zero-order chi connectivity index (χ0) is 16.4. The van der Waals surface area contributed by atoms with Gasteiger partial charge in [0, 0.05) is 31.2 Å². The maximum absolute atomic E-state index is 12.7. The molecule has 0 spiro atoms. The number of hydrogen-bond acceptors (Lipinski definition) is 4. The number of nitrogens with zero attached hydrogens (tertiary/aromatic N) is 5. The second kappa shape index (κ2) is 7.21. The van der Waals surface area contributed by atoms with E-state index in [4.69, 9.17) is 0 Å². The van der Waals surface area contributed by atoms with Crippen LogP contribution in [0, 0.1) is 0 Å². The fourth-order valence-electron chi connectivity index (χ4n) is 4.14. The maximum Gasteiger partial charge on any atom is 0.244 e. The normalized spacial score (nSPS) is 26.3. The standard InChI is InChI=1S/C18H29N5O/c24-18(14-23-13-17(19-20-23)15-7-8-15)22-11-5-6-16(12-22)21-9-3-1-2-4-10-21/h13,15-16H,1-12,14H2/t16-/m1/s1. The Morgan fingerprint density at radius 2 is 1.83 bits per heavy atom. The van der Waals surface area contributed by atoms with Crippen molar-refractivity contribution in [1.29, 1.82) is 0 Å². The van der Waals surface area contributed by atoms with Crippen LogP contribution < -0.4 is 0 Å². The van der Waals surface area contributed by atoms with Crippen LogP contribution in [0.1, 0.15) is 63.0 Å². The number of rotatable bonds is 4. The average Bonchev–Trinajstić information content (AvgIpc) is 3.40. The Morgan fingerprint density at radius 1 is 1.04 bits per heavy atom. The summed E-state index contributed by atoms with van der Waals surface area (Å²) in [7, 11) is 0. The first-order valence-electron chi connectivity index (χ1n) is 9.71. The van der Waals surface area contributed by atoms with Crippen molar-refractivity contribution < 1.29 is 4.79 Å². The lowest BCUT2D eigenvalue weighted by Gasteiger charge is -2.39. The van der Waals surface area contributed by atoms with E-state index in [-0.39, 0.29) is 5.91 Å². The van der Waals surface area contributed by atoms with Gasteiger partial charge in [0.2, 0.25) is 5.91 Å². The minimum Gasteiger partial charge on any atom is -0.340 e. The summed E-state index contributed by atoms with van der Waals surface area (Å²) in [5.41, 5.74) is 1.06. The third-order valence-corrected chi connectivity index (χ3v) is 5.76. The number of aromatic nitrogens is 3. The fourth-order valence-corrected chi connectivity index (χ4v) is 4.14. The van der Waals surface area contributed by atoms with E-state index in [1.807, 2.05) is 6.20 Å². The van der Waals surface area contributed by atoms with Crippen molar-refractivity contribution in [3.63, 3.8) is 0 Å². The van der Waals surface area contributed by atoms with Crippen LogP contribution in [0.4, 0.5) is 0 Å². The van der Waals surface area contributed by atoms with Gasteiger partial charge in [0.1, 0.15) is 6.54 Å². The van der Waals surface area contributed by atoms with Crippen molar-refractivity contribution in [2.75, 3.05) is 26.2 Å². The van der Waals surface area contributed by atoms with Gasteiger partial charge in [0.15, 0.2) is 0 Å². The van der Waals surface area contributed by atoms with Crippen LogP contribution >= 0.6 is 0 Å². The summed E-state index contributed by atoms with van der Waals surface area (Å²) in [6.45, 7) is 4.55. The van der Waals surface area contributed by atoms with E-state index in [1.54, 1.807) is 4.68 Å². The van der Waals surface area contributed by atoms with Crippen LogP contribution in [0.3, 0.4) is 0 Å². The minimum atomic E-state index is 0.196. The third-order valence-electron chi connectivity index (χ3n) is 5.76. The highest BCUT2D eigenvalue weighted by Crippen LogP contribution is 2.38. The lowest BCUT2D eigenvalue weighted by molar-refractivity contribution is -0.134. The van der Waals surface area contributed by atoms with Gasteiger partial charge in [0.25, 0.3) is 0 Å².